The van der Waals surface area contributed by atoms with Crippen molar-refractivity contribution < 1.29 is 36.3 Å². The van der Waals surface area contributed by atoms with Gasteiger partial charge < -0.3 is 18.3 Å². The van der Waals surface area contributed by atoms with Crippen LogP contribution in [-0.2, 0) is 30.8 Å². The number of fused-ring (bicyclic) bond motifs is 2. The van der Waals surface area contributed by atoms with E-state index in [1.54, 1.807) is 14.2 Å². The Morgan fingerprint density at radius 2 is 0.903 bits per heavy atom. The summed E-state index contributed by atoms with van der Waals surface area (Å²) in [6.45, 7) is 16.7. The summed E-state index contributed by atoms with van der Waals surface area (Å²) in [4.78, 5) is 0. The summed E-state index contributed by atoms with van der Waals surface area (Å²) < 4.78 is 22.5. The van der Waals surface area contributed by atoms with Gasteiger partial charge >= 0.3 is 53.5 Å². The SMILES string of the molecule is CCc1ccc2[cH-]c(-c3cc(C)c(C)o3)cc2c1-c1cc(Cl)c(OC)c(Cl)c1.CCc1ccc2[cH-]c(-c3cc(C)c(C)o3)cc2c1-c1cc(Cl)c(OC)c(Cl)c1.C[Si](C)=[Zr]([Cl])[Cl]. The van der Waals surface area contributed by atoms with E-state index < -0.39 is 18.0 Å². The van der Waals surface area contributed by atoms with E-state index in [0.29, 0.717) is 31.6 Å². The molecule has 0 fully saturated rings. The standard InChI is InChI=1S/2C24H21Cl2O2.C2H6Si.2ClH.Zr/c2*1-5-15-6-7-16-9-17(22-8-13(2)14(3)28-22)10-19(16)23(15)18-11-20(25)24(27-4)21(26)12-18;1-3-2;;;/h2*6-12H,5H2,1-4H3;1-2H3;2*1H;/q2*-1;;;;+2/p-2. The van der Waals surface area contributed by atoms with E-state index in [1.165, 1.54) is 21.9 Å². The van der Waals surface area contributed by atoms with Crippen molar-refractivity contribution in [1.82, 2.24) is 0 Å². The molecule has 0 spiro atoms. The molecule has 0 atom stereocenters. The molecule has 0 radical (unpaired) electrons. The average molecular weight is 1040 g/mol. The molecule has 12 heteroatoms. The van der Waals surface area contributed by atoms with E-state index in [2.05, 4.69) is 101 Å². The van der Waals surface area contributed by atoms with Crippen LogP contribution in [0.1, 0.15) is 47.6 Å². The third-order valence-corrected chi connectivity index (χ3v) is 31.8. The molecule has 0 aliphatic carbocycles. The van der Waals surface area contributed by atoms with Gasteiger partial charge in [-0.2, -0.15) is 0 Å². The number of benzene rings is 4. The Hall–Kier alpha value is -2.90. The van der Waals surface area contributed by atoms with Crippen molar-refractivity contribution in [3.05, 3.63) is 139 Å². The van der Waals surface area contributed by atoms with Crippen molar-refractivity contribution in [3.8, 4) is 56.4 Å². The summed E-state index contributed by atoms with van der Waals surface area (Å²) >= 11 is 24.1. The van der Waals surface area contributed by atoms with Crippen molar-refractivity contribution in [2.24, 2.45) is 0 Å². The molecule has 0 saturated heterocycles. The van der Waals surface area contributed by atoms with E-state index >= 15 is 0 Å². The minimum absolute atomic E-state index is 0.224. The Morgan fingerprint density at radius 3 is 1.16 bits per heavy atom. The van der Waals surface area contributed by atoms with E-state index in [-0.39, 0.29) is 5.43 Å². The molecule has 62 heavy (non-hydrogen) atoms. The molecule has 0 aliphatic rings. The fraction of sp³-hybridized carbons (Fsp3) is 0.240. The maximum absolute atomic E-state index is 6.43. The molecule has 6 aromatic carbocycles. The second-order valence-corrected chi connectivity index (χ2v) is 39.9. The zero-order valence-corrected chi connectivity index (χ0v) is 44.4. The van der Waals surface area contributed by atoms with Crippen LogP contribution < -0.4 is 9.47 Å². The summed E-state index contributed by atoms with van der Waals surface area (Å²) in [5, 5.41) is 6.69. The quantitative estimate of drug-likeness (QED) is 0.112. The Labute approximate surface area is 400 Å². The second kappa shape index (κ2) is 20.9. The molecule has 0 unspecified atom stereocenters. The van der Waals surface area contributed by atoms with Crippen molar-refractivity contribution in [2.45, 2.75) is 67.5 Å². The Balaban J connectivity index is 0.000000183. The zero-order chi connectivity index (χ0) is 45.2. The molecule has 0 amide bonds. The van der Waals surface area contributed by atoms with Crippen molar-refractivity contribution in [3.63, 3.8) is 0 Å². The molecule has 0 bridgehead atoms. The molecule has 324 valence electrons. The third-order valence-electron chi connectivity index (χ3n) is 11.0. The van der Waals surface area contributed by atoms with Crippen molar-refractivity contribution >= 4 is 90.4 Å². The fourth-order valence-electron chi connectivity index (χ4n) is 7.44. The van der Waals surface area contributed by atoms with Crippen LogP contribution in [0.15, 0.2) is 93.8 Å². The molecular formula is C50H48Cl6O4SiZr-2. The van der Waals surface area contributed by atoms with Gasteiger partial charge in [0.2, 0.25) is 0 Å². The maximum atomic E-state index is 6.43. The van der Waals surface area contributed by atoms with Gasteiger partial charge in [-0.1, -0.05) is 94.6 Å². The summed E-state index contributed by atoms with van der Waals surface area (Å²) in [7, 11) is 14.4. The Kier molecular flexibility index (Phi) is 16.4. The summed E-state index contributed by atoms with van der Waals surface area (Å²) in [6, 6.07) is 29.3. The van der Waals surface area contributed by atoms with Crippen LogP contribution in [0.5, 0.6) is 11.5 Å². The van der Waals surface area contributed by atoms with Crippen molar-refractivity contribution in [1.29, 1.82) is 0 Å². The van der Waals surface area contributed by atoms with Gasteiger partial charge in [0, 0.05) is 0 Å². The van der Waals surface area contributed by atoms with Crippen LogP contribution in [0.3, 0.4) is 0 Å². The van der Waals surface area contributed by atoms with E-state index in [4.69, 9.17) is 81.7 Å². The Bertz CT molecular complexity index is 2660. The first-order valence-electron chi connectivity index (χ1n) is 20.1. The molecule has 8 aromatic rings. The van der Waals surface area contributed by atoms with Crippen LogP contribution >= 0.6 is 63.4 Å². The van der Waals surface area contributed by atoms with Gasteiger partial charge in [0.1, 0.15) is 0 Å². The summed E-state index contributed by atoms with van der Waals surface area (Å²) in [5.74, 6) is 4.68. The van der Waals surface area contributed by atoms with Gasteiger partial charge in [-0.3, -0.25) is 0 Å². The Morgan fingerprint density at radius 1 is 0.565 bits per heavy atom. The predicted molar refractivity (Wildman–Crippen MR) is 265 cm³/mol. The third kappa shape index (κ3) is 10.5. The van der Waals surface area contributed by atoms with Gasteiger partial charge in [-0.25, -0.2) is 0 Å². The van der Waals surface area contributed by atoms with Gasteiger partial charge in [-0.05, 0) is 110 Å². The van der Waals surface area contributed by atoms with Crippen LogP contribution in [0.2, 0.25) is 33.2 Å². The normalized spacial score (nSPS) is 11.0. The van der Waals surface area contributed by atoms with Gasteiger partial charge in [0.25, 0.3) is 0 Å². The van der Waals surface area contributed by atoms with Crippen molar-refractivity contribution in [2.75, 3.05) is 14.2 Å². The van der Waals surface area contributed by atoms with Crippen LogP contribution in [-0.4, -0.2) is 19.7 Å². The monoisotopic (exact) mass is 1040 g/mol. The molecule has 0 N–H and O–H groups in total. The number of rotatable bonds is 8. The number of ether oxygens (including phenoxy) is 2. The van der Waals surface area contributed by atoms with Crippen LogP contribution in [0.25, 0.3) is 66.4 Å². The number of aryl methyl sites for hydroxylation is 6. The predicted octanol–water partition coefficient (Wildman–Crippen LogP) is 18.1. The first-order valence-corrected chi connectivity index (χ1v) is 34.2. The number of methoxy groups -OCH3 is 2. The van der Waals surface area contributed by atoms with Gasteiger partial charge in [-0.15, -0.1) is 57.9 Å². The fourth-order valence-corrected chi connectivity index (χ4v) is 8.72. The van der Waals surface area contributed by atoms with E-state index in [9.17, 15) is 0 Å². The first kappa shape index (κ1) is 48.6. The summed E-state index contributed by atoms with van der Waals surface area (Å²) in [5.41, 5.74) is 11.0. The number of halogens is 6. The minimum atomic E-state index is -1.65. The molecule has 0 saturated carbocycles. The summed E-state index contributed by atoms with van der Waals surface area (Å²) in [6.07, 6.45) is 1.82. The average Bonchev–Trinajstić information content (AvgIpc) is 4.02. The van der Waals surface area contributed by atoms with Gasteiger partial charge in [0.05, 0.1) is 57.4 Å². The first-order chi connectivity index (χ1) is 29.5. The van der Waals surface area contributed by atoms with E-state index in [0.717, 1.165) is 91.2 Å². The molecule has 4 nitrogen and oxygen atoms in total. The van der Waals surface area contributed by atoms with Crippen LogP contribution in [0.4, 0.5) is 0 Å². The number of hydrogen-bond donors (Lipinski definition) is 0. The van der Waals surface area contributed by atoms with Gasteiger partial charge in [0.15, 0.2) is 11.5 Å². The molecular weight excluding hydrogens is 997 g/mol. The number of hydrogen-bond acceptors (Lipinski definition) is 4. The molecule has 0 aliphatic heterocycles. The molecule has 8 rings (SSSR count). The molecule has 2 aromatic heterocycles. The second-order valence-electron chi connectivity index (χ2n) is 15.3. The topological polar surface area (TPSA) is 44.7 Å². The van der Waals surface area contributed by atoms with Crippen LogP contribution in [0, 0.1) is 27.7 Å². The molecule has 2 heterocycles. The zero-order valence-electron chi connectivity index (χ0n) is 36.4. The van der Waals surface area contributed by atoms with E-state index in [1.807, 2.05) is 38.1 Å². The number of furan rings is 2.